The summed E-state index contributed by atoms with van der Waals surface area (Å²) in [6.45, 7) is 1.99. The Bertz CT molecular complexity index is 884. The third-order valence-corrected chi connectivity index (χ3v) is 4.85. The predicted octanol–water partition coefficient (Wildman–Crippen LogP) is 2.90. The van der Waals surface area contributed by atoms with E-state index in [1.807, 2.05) is 4.90 Å². The highest BCUT2D eigenvalue weighted by Crippen LogP contribution is 2.28. The molecule has 1 saturated heterocycles. The molecule has 0 unspecified atom stereocenters. The lowest BCUT2D eigenvalue weighted by Crippen LogP contribution is -2.49. The minimum absolute atomic E-state index is 0.132. The molecule has 2 heterocycles. The van der Waals surface area contributed by atoms with Crippen LogP contribution in [0.5, 0.6) is 11.5 Å². The van der Waals surface area contributed by atoms with E-state index in [4.69, 9.17) is 9.47 Å². The predicted molar refractivity (Wildman–Crippen MR) is 105 cm³/mol. The largest absolute Gasteiger partial charge is 0.497 e. The zero-order chi connectivity index (χ0) is 21.7. The van der Waals surface area contributed by atoms with Crippen LogP contribution in [-0.4, -0.2) is 51.2 Å². The summed E-state index contributed by atoms with van der Waals surface area (Å²) in [4.78, 5) is 18.8. The van der Waals surface area contributed by atoms with E-state index in [2.05, 4.69) is 4.98 Å². The number of pyridine rings is 1. The van der Waals surface area contributed by atoms with Crippen molar-refractivity contribution in [1.82, 2.24) is 4.90 Å². The minimum atomic E-state index is -4.38. The number of benzene rings is 1. The van der Waals surface area contributed by atoms with Gasteiger partial charge in [-0.3, -0.25) is 9.69 Å². The van der Waals surface area contributed by atoms with E-state index in [0.29, 0.717) is 43.5 Å². The van der Waals surface area contributed by atoms with Crippen LogP contribution in [0.1, 0.15) is 11.1 Å². The summed E-state index contributed by atoms with van der Waals surface area (Å²) in [5.41, 5.74) is 0.0527. The van der Waals surface area contributed by atoms with Crippen molar-refractivity contribution in [2.45, 2.75) is 6.18 Å². The standard InChI is InChI=1S/C21H22F3N3O3/c1-29-17-11-15(12-18(13-17)30-2)3-6-20(28)27-9-7-26(8-10-27)19-5-4-16(14-25-19)21(22,23)24/h3-6,11-14H,7-10H2,1-2H3/p+1/b6-3+. The number of nitrogens with one attached hydrogen (secondary N) is 1. The Kier molecular flexibility index (Phi) is 6.49. The number of methoxy groups -OCH3 is 2. The van der Waals surface area contributed by atoms with Gasteiger partial charge < -0.3 is 14.4 Å². The van der Waals surface area contributed by atoms with Crippen LogP contribution in [-0.2, 0) is 11.0 Å². The van der Waals surface area contributed by atoms with Crippen LogP contribution in [0.3, 0.4) is 0 Å². The van der Waals surface area contributed by atoms with Gasteiger partial charge in [-0.15, -0.1) is 0 Å². The molecular formula is C21H23F3N3O3+. The SMILES string of the molecule is COc1cc(/C=C/C(=O)N2CCN(c3ccc(C(F)(F)F)c[nH+]3)CC2)cc(OC)c1. The fourth-order valence-corrected chi connectivity index (χ4v) is 3.16. The van der Waals surface area contributed by atoms with Crippen LogP contribution >= 0.6 is 0 Å². The number of rotatable bonds is 5. The number of nitrogens with zero attached hydrogens (tertiary/aromatic N) is 2. The van der Waals surface area contributed by atoms with Gasteiger partial charge in [0, 0.05) is 18.2 Å². The van der Waals surface area contributed by atoms with Crippen molar-refractivity contribution in [3.63, 3.8) is 0 Å². The number of carbonyl (C=O) groups is 1. The van der Waals surface area contributed by atoms with Gasteiger partial charge in [-0.05, 0) is 29.8 Å². The number of carbonyl (C=O) groups excluding carboxylic acids is 1. The fraction of sp³-hybridized carbons (Fsp3) is 0.333. The maximum absolute atomic E-state index is 12.7. The first-order chi connectivity index (χ1) is 14.3. The van der Waals surface area contributed by atoms with E-state index in [1.165, 1.54) is 12.1 Å². The van der Waals surface area contributed by atoms with Crippen LogP contribution in [0.2, 0.25) is 0 Å². The smallest absolute Gasteiger partial charge is 0.419 e. The van der Waals surface area contributed by atoms with E-state index in [-0.39, 0.29) is 5.91 Å². The third-order valence-electron chi connectivity index (χ3n) is 4.85. The molecule has 1 aromatic carbocycles. The van der Waals surface area contributed by atoms with Crippen molar-refractivity contribution in [3.05, 3.63) is 53.7 Å². The maximum Gasteiger partial charge on any atom is 0.419 e. The fourth-order valence-electron chi connectivity index (χ4n) is 3.16. The summed E-state index contributed by atoms with van der Waals surface area (Å²) in [5, 5.41) is 0. The summed E-state index contributed by atoms with van der Waals surface area (Å²) < 4.78 is 48.5. The Morgan fingerprint density at radius 3 is 2.17 bits per heavy atom. The zero-order valence-electron chi connectivity index (χ0n) is 16.7. The first-order valence-corrected chi connectivity index (χ1v) is 9.34. The average molecular weight is 422 g/mol. The molecule has 0 atom stereocenters. The monoisotopic (exact) mass is 422 g/mol. The van der Waals surface area contributed by atoms with E-state index in [0.717, 1.165) is 17.8 Å². The maximum atomic E-state index is 12.7. The summed E-state index contributed by atoms with van der Waals surface area (Å²) in [7, 11) is 3.11. The number of hydrogen-bond acceptors (Lipinski definition) is 4. The second kappa shape index (κ2) is 9.06. The van der Waals surface area contributed by atoms with E-state index < -0.39 is 11.7 Å². The number of amides is 1. The van der Waals surface area contributed by atoms with Gasteiger partial charge in [0.25, 0.3) is 5.82 Å². The van der Waals surface area contributed by atoms with Crippen molar-refractivity contribution in [3.8, 4) is 11.5 Å². The number of piperazine rings is 1. The van der Waals surface area contributed by atoms with Crippen LogP contribution in [0.4, 0.5) is 19.0 Å². The Hall–Kier alpha value is -3.23. The highest BCUT2D eigenvalue weighted by atomic mass is 19.4. The van der Waals surface area contributed by atoms with Gasteiger partial charge in [-0.2, -0.15) is 13.2 Å². The number of halogens is 3. The highest BCUT2D eigenvalue weighted by Gasteiger charge is 2.32. The van der Waals surface area contributed by atoms with Crippen LogP contribution in [0.25, 0.3) is 6.08 Å². The Morgan fingerprint density at radius 2 is 1.67 bits per heavy atom. The average Bonchev–Trinajstić information content (AvgIpc) is 2.76. The zero-order valence-corrected chi connectivity index (χ0v) is 16.7. The first kappa shape index (κ1) is 21.5. The lowest BCUT2D eigenvalue weighted by atomic mass is 10.1. The van der Waals surface area contributed by atoms with Gasteiger partial charge in [0.15, 0.2) is 0 Å². The molecule has 1 aliphatic heterocycles. The summed E-state index contributed by atoms with van der Waals surface area (Å²) in [5.74, 6) is 1.72. The van der Waals surface area contributed by atoms with Gasteiger partial charge in [-0.25, -0.2) is 4.98 Å². The number of H-pyrrole nitrogens is 1. The van der Waals surface area contributed by atoms with E-state index in [1.54, 1.807) is 43.4 Å². The molecule has 160 valence electrons. The van der Waals surface area contributed by atoms with Gasteiger partial charge in [0.05, 0.1) is 32.9 Å². The van der Waals surface area contributed by atoms with E-state index >= 15 is 0 Å². The highest BCUT2D eigenvalue weighted by molar-refractivity contribution is 5.92. The molecule has 0 aliphatic carbocycles. The second-order valence-electron chi connectivity index (χ2n) is 6.75. The molecule has 0 spiro atoms. The molecule has 1 aromatic heterocycles. The topological polar surface area (TPSA) is 56.2 Å². The molecule has 2 aromatic rings. The molecule has 3 rings (SSSR count). The van der Waals surface area contributed by atoms with Crippen LogP contribution in [0.15, 0.2) is 42.6 Å². The summed E-state index contributed by atoms with van der Waals surface area (Å²) in [6.07, 6.45) is -0.227. The Labute approximate surface area is 172 Å². The van der Waals surface area contributed by atoms with Gasteiger partial charge in [0.1, 0.15) is 30.8 Å². The third kappa shape index (κ3) is 5.22. The van der Waals surface area contributed by atoms with Crippen molar-refractivity contribution in [1.29, 1.82) is 0 Å². The molecule has 9 heteroatoms. The molecule has 6 nitrogen and oxygen atoms in total. The molecule has 1 amide bonds. The molecule has 1 fully saturated rings. The van der Waals surface area contributed by atoms with E-state index in [9.17, 15) is 18.0 Å². The minimum Gasteiger partial charge on any atom is -0.497 e. The quantitative estimate of drug-likeness (QED) is 0.696. The van der Waals surface area contributed by atoms with Crippen molar-refractivity contribution in [2.75, 3.05) is 45.3 Å². The molecule has 0 saturated carbocycles. The molecular weight excluding hydrogens is 399 g/mol. The van der Waals surface area contributed by atoms with Gasteiger partial charge in [-0.1, -0.05) is 0 Å². The first-order valence-electron chi connectivity index (χ1n) is 9.34. The normalized spacial score (nSPS) is 14.8. The lowest BCUT2D eigenvalue weighted by molar-refractivity contribution is -0.367. The number of ether oxygens (including phenoxy) is 2. The number of hydrogen-bond donors (Lipinski definition) is 0. The summed E-state index contributed by atoms with van der Waals surface area (Å²) >= 11 is 0. The number of alkyl halides is 3. The van der Waals surface area contributed by atoms with Crippen molar-refractivity contribution in [2.24, 2.45) is 0 Å². The molecule has 1 N–H and O–H groups in total. The lowest BCUT2D eigenvalue weighted by Gasteiger charge is -2.30. The molecule has 0 radical (unpaired) electrons. The number of aromatic nitrogens is 1. The van der Waals surface area contributed by atoms with Gasteiger partial charge in [0.2, 0.25) is 5.91 Å². The number of anilines is 1. The number of aromatic amines is 1. The van der Waals surface area contributed by atoms with Gasteiger partial charge >= 0.3 is 6.18 Å². The summed E-state index contributed by atoms with van der Waals surface area (Å²) in [6, 6.07) is 7.80. The Morgan fingerprint density at radius 1 is 1.03 bits per heavy atom. The van der Waals surface area contributed by atoms with Crippen molar-refractivity contribution < 1.29 is 32.4 Å². The van der Waals surface area contributed by atoms with Crippen LogP contribution < -0.4 is 19.4 Å². The van der Waals surface area contributed by atoms with Crippen LogP contribution in [0, 0.1) is 0 Å². The second-order valence-corrected chi connectivity index (χ2v) is 6.75. The van der Waals surface area contributed by atoms with Crippen molar-refractivity contribution >= 4 is 17.8 Å². The molecule has 0 bridgehead atoms. The molecule has 30 heavy (non-hydrogen) atoms. The molecule has 1 aliphatic rings. The Balaban J connectivity index is 1.58.